The van der Waals surface area contributed by atoms with Crippen molar-refractivity contribution in [2.75, 3.05) is 13.7 Å². The number of nitrogens with zero attached hydrogens (tertiary/aromatic N) is 1. The predicted octanol–water partition coefficient (Wildman–Crippen LogP) is -0.380. The number of esters is 1. The molecule has 0 rings (SSSR count). The van der Waals surface area contributed by atoms with Gasteiger partial charge in [0.1, 0.15) is 0 Å². The van der Waals surface area contributed by atoms with Gasteiger partial charge in [0.05, 0.1) is 13.5 Å². The number of methoxy groups -OCH3 is 1. The fourth-order valence-corrected chi connectivity index (χ4v) is 0.323. The Labute approximate surface area is 53.4 Å². The summed E-state index contributed by atoms with van der Waals surface area (Å²) >= 11 is 0. The average molecular weight is 128 g/mol. The van der Waals surface area contributed by atoms with Gasteiger partial charge in [0.25, 0.3) is 0 Å². The van der Waals surface area contributed by atoms with E-state index in [-0.39, 0.29) is 12.4 Å². The fraction of sp³-hybridized carbons (Fsp3) is 0.600. The van der Waals surface area contributed by atoms with Gasteiger partial charge in [-0.05, 0) is 0 Å². The van der Waals surface area contributed by atoms with Crippen LogP contribution in [0.2, 0.25) is 0 Å². The van der Waals surface area contributed by atoms with Crippen molar-refractivity contribution in [3.8, 4) is 6.19 Å². The summed E-state index contributed by atoms with van der Waals surface area (Å²) in [5.74, 6) is -0.308. The normalized spacial score (nSPS) is 7.56. The molecule has 0 unspecified atom stereocenters. The third kappa shape index (κ3) is 4.62. The lowest BCUT2D eigenvalue weighted by Crippen LogP contribution is -2.13. The topological polar surface area (TPSA) is 62.1 Å². The number of rotatable bonds is 3. The maximum atomic E-state index is 10.3. The molecule has 0 fully saturated rings. The number of carbonyl (C=O) groups is 1. The van der Waals surface area contributed by atoms with Crippen molar-refractivity contribution in [2.24, 2.45) is 0 Å². The van der Waals surface area contributed by atoms with E-state index in [4.69, 9.17) is 5.26 Å². The van der Waals surface area contributed by atoms with Crippen molar-refractivity contribution in [1.82, 2.24) is 5.32 Å². The number of hydrogen-bond acceptors (Lipinski definition) is 4. The van der Waals surface area contributed by atoms with Crippen LogP contribution in [0.3, 0.4) is 0 Å². The van der Waals surface area contributed by atoms with Gasteiger partial charge in [-0.15, -0.1) is 0 Å². The van der Waals surface area contributed by atoms with E-state index >= 15 is 0 Å². The monoisotopic (exact) mass is 128 g/mol. The van der Waals surface area contributed by atoms with Crippen molar-refractivity contribution in [2.45, 2.75) is 6.42 Å². The van der Waals surface area contributed by atoms with Crippen LogP contribution in [0.25, 0.3) is 0 Å². The predicted molar refractivity (Wildman–Crippen MR) is 30.2 cm³/mol. The van der Waals surface area contributed by atoms with Gasteiger partial charge < -0.3 is 10.1 Å². The van der Waals surface area contributed by atoms with Crippen LogP contribution >= 0.6 is 0 Å². The minimum absolute atomic E-state index is 0.240. The summed E-state index contributed by atoms with van der Waals surface area (Å²) in [6.45, 7) is 0.350. The lowest BCUT2D eigenvalue weighted by Gasteiger charge is -1.94. The van der Waals surface area contributed by atoms with Gasteiger partial charge in [0.2, 0.25) is 0 Å². The van der Waals surface area contributed by atoms with E-state index in [1.165, 1.54) is 7.11 Å². The number of carbonyl (C=O) groups excluding carboxylic acids is 1. The molecule has 0 bridgehead atoms. The molecule has 0 aliphatic carbocycles. The Balaban J connectivity index is 3.09. The van der Waals surface area contributed by atoms with Gasteiger partial charge >= 0.3 is 5.97 Å². The molecule has 0 heterocycles. The summed E-state index contributed by atoms with van der Waals surface area (Å²) in [6.07, 6.45) is 1.93. The first-order valence-electron chi connectivity index (χ1n) is 2.50. The summed E-state index contributed by atoms with van der Waals surface area (Å²) < 4.78 is 4.31. The summed E-state index contributed by atoms with van der Waals surface area (Å²) in [4.78, 5) is 10.3. The van der Waals surface area contributed by atoms with E-state index < -0.39 is 0 Å². The molecule has 0 aliphatic heterocycles. The van der Waals surface area contributed by atoms with Crippen molar-refractivity contribution < 1.29 is 9.53 Å². The first-order valence-corrected chi connectivity index (χ1v) is 2.50. The van der Waals surface area contributed by atoms with Crippen LogP contribution in [-0.4, -0.2) is 19.6 Å². The van der Waals surface area contributed by atoms with Gasteiger partial charge in [-0.1, -0.05) is 0 Å². The molecular weight excluding hydrogens is 120 g/mol. The van der Waals surface area contributed by atoms with E-state index in [0.717, 1.165) is 0 Å². The lowest BCUT2D eigenvalue weighted by atomic mass is 10.4. The molecule has 50 valence electrons. The molecule has 4 nitrogen and oxygen atoms in total. The molecule has 9 heavy (non-hydrogen) atoms. The third-order valence-electron chi connectivity index (χ3n) is 0.761. The first-order chi connectivity index (χ1) is 4.31. The van der Waals surface area contributed by atoms with Gasteiger partial charge in [-0.2, -0.15) is 5.26 Å². The van der Waals surface area contributed by atoms with Crippen LogP contribution in [0.1, 0.15) is 6.42 Å². The molecule has 0 aliphatic rings. The SMILES string of the molecule is COC(=O)CCNC#N. The summed E-state index contributed by atoms with van der Waals surface area (Å²) in [7, 11) is 1.31. The first kappa shape index (κ1) is 7.76. The standard InChI is InChI=1S/C5H8N2O2/c1-9-5(8)2-3-7-4-6/h7H,2-3H2,1H3. The minimum Gasteiger partial charge on any atom is -0.469 e. The van der Waals surface area contributed by atoms with Crippen LogP contribution in [0.4, 0.5) is 0 Å². The quantitative estimate of drug-likeness (QED) is 0.243. The molecule has 0 spiro atoms. The number of nitriles is 1. The number of nitrogens with one attached hydrogen (secondary N) is 1. The third-order valence-corrected chi connectivity index (χ3v) is 0.761. The minimum atomic E-state index is -0.308. The number of ether oxygens (including phenoxy) is 1. The molecule has 0 aromatic carbocycles. The van der Waals surface area contributed by atoms with E-state index in [0.29, 0.717) is 6.54 Å². The van der Waals surface area contributed by atoms with Crippen LogP contribution in [0.5, 0.6) is 0 Å². The maximum Gasteiger partial charge on any atom is 0.307 e. The second-order valence-electron chi connectivity index (χ2n) is 1.36. The highest BCUT2D eigenvalue weighted by Crippen LogP contribution is 1.78. The maximum absolute atomic E-state index is 10.3. The Morgan fingerprint density at radius 3 is 3.00 bits per heavy atom. The molecule has 0 amide bonds. The molecule has 4 heteroatoms. The molecule has 0 radical (unpaired) electrons. The Kier molecular flexibility index (Phi) is 4.23. The van der Waals surface area contributed by atoms with E-state index in [1.54, 1.807) is 6.19 Å². The van der Waals surface area contributed by atoms with E-state index in [2.05, 4.69) is 10.1 Å². The van der Waals surface area contributed by atoms with Crippen LogP contribution in [0.15, 0.2) is 0 Å². The molecule has 0 saturated heterocycles. The van der Waals surface area contributed by atoms with Crippen molar-refractivity contribution in [3.05, 3.63) is 0 Å². The molecule has 0 aromatic rings. The zero-order valence-corrected chi connectivity index (χ0v) is 5.18. The molecule has 0 aromatic heterocycles. The summed E-state index contributed by atoms with van der Waals surface area (Å²) in [6, 6.07) is 0. The van der Waals surface area contributed by atoms with Gasteiger partial charge in [0.15, 0.2) is 6.19 Å². The van der Waals surface area contributed by atoms with Gasteiger partial charge in [0, 0.05) is 6.54 Å². The molecule has 0 atom stereocenters. The second-order valence-corrected chi connectivity index (χ2v) is 1.36. The zero-order chi connectivity index (χ0) is 7.11. The fourth-order valence-electron chi connectivity index (χ4n) is 0.323. The second kappa shape index (κ2) is 4.91. The highest BCUT2D eigenvalue weighted by molar-refractivity contribution is 5.69. The van der Waals surface area contributed by atoms with Gasteiger partial charge in [-0.25, -0.2) is 0 Å². The Bertz CT molecular complexity index is 127. The molecular formula is C5H8N2O2. The highest BCUT2D eigenvalue weighted by Gasteiger charge is 1.96. The summed E-state index contributed by atoms with van der Waals surface area (Å²) in [5.41, 5.74) is 0. The Morgan fingerprint density at radius 1 is 1.89 bits per heavy atom. The van der Waals surface area contributed by atoms with Crippen molar-refractivity contribution in [1.29, 1.82) is 5.26 Å². The Morgan fingerprint density at radius 2 is 2.56 bits per heavy atom. The molecule has 0 saturated carbocycles. The van der Waals surface area contributed by atoms with E-state index in [1.807, 2.05) is 0 Å². The Hall–Kier alpha value is -1.24. The van der Waals surface area contributed by atoms with Gasteiger partial charge in [-0.3, -0.25) is 4.79 Å². The lowest BCUT2D eigenvalue weighted by molar-refractivity contribution is -0.140. The number of hydrogen-bond donors (Lipinski definition) is 1. The van der Waals surface area contributed by atoms with Crippen LogP contribution < -0.4 is 5.32 Å². The van der Waals surface area contributed by atoms with Crippen LogP contribution in [-0.2, 0) is 9.53 Å². The van der Waals surface area contributed by atoms with Crippen molar-refractivity contribution in [3.63, 3.8) is 0 Å². The molecule has 1 N–H and O–H groups in total. The van der Waals surface area contributed by atoms with E-state index in [9.17, 15) is 4.79 Å². The summed E-state index contributed by atoms with van der Waals surface area (Å²) in [5, 5.41) is 10.3. The zero-order valence-electron chi connectivity index (χ0n) is 5.18. The van der Waals surface area contributed by atoms with Crippen molar-refractivity contribution >= 4 is 5.97 Å². The van der Waals surface area contributed by atoms with Crippen LogP contribution in [0, 0.1) is 11.5 Å². The largest absolute Gasteiger partial charge is 0.469 e. The highest BCUT2D eigenvalue weighted by atomic mass is 16.5. The smallest absolute Gasteiger partial charge is 0.307 e. The average Bonchev–Trinajstić information content (AvgIpc) is 1.89.